The van der Waals surface area contributed by atoms with Crippen molar-refractivity contribution in [2.24, 2.45) is 0 Å². The molecule has 5 nitrogen and oxygen atoms in total. The van der Waals surface area contributed by atoms with E-state index in [4.69, 9.17) is 4.74 Å². The minimum absolute atomic E-state index is 0.121. The lowest BCUT2D eigenvalue weighted by atomic mass is 10.0. The Bertz CT molecular complexity index is 807. The number of likely N-dealkylation sites (tertiary alicyclic amines) is 1. The highest BCUT2D eigenvalue weighted by atomic mass is 19.1. The average Bonchev–Trinajstić information content (AvgIpc) is 3.13. The summed E-state index contributed by atoms with van der Waals surface area (Å²) in [4.78, 5) is 25.9. The predicted octanol–water partition coefficient (Wildman–Crippen LogP) is 4.30. The topological polar surface area (TPSA) is 58.6 Å². The summed E-state index contributed by atoms with van der Waals surface area (Å²) in [6.07, 6.45) is 1.90. The summed E-state index contributed by atoms with van der Waals surface area (Å²) in [5.41, 5.74) is 2.29. The van der Waals surface area contributed by atoms with Gasteiger partial charge in [-0.1, -0.05) is 24.3 Å². The lowest BCUT2D eigenvalue weighted by Gasteiger charge is -2.25. The number of halogens is 1. The first-order chi connectivity index (χ1) is 13.1. The van der Waals surface area contributed by atoms with Crippen LogP contribution in [0.15, 0.2) is 48.5 Å². The Morgan fingerprint density at radius 1 is 1.22 bits per heavy atom. The number of urea groups is 1. The molecule has 2 aromatic rings. The fourth-order valence-electron chi connectivity index (χ4n) is 3.35. The van der Waals surface area contributed by atoms with Gasteiger partial charge in [0.05, 0.1) is 19.1 Å². The second-order valence-corrected chi connectivity index (χ2v) is 6.52. The molecule has 1 fully saturated rings. The molecule has 0 bridgehead atoms. The van der Waals surface area contributed by atoms with Crippen molar-refractivity contribution in [3.63, 3.8) is 0 Å². The Balaban J connectivity index is 1.63. The molecule has 1 atom stereocenters. The van der Waals surface area contributed by atoms with E-state index in [9.17, 15) is 14.0 Å². The zero-order valence-corrected chi connectivity index (χ0v) is 15.3. The van der Waals surface area contributed by atoms with E-state index < -0.39 is 0 Å². The van der Waals surface area contributed by atoms with Crippen LogP contribution in [0.3, 0.4) is 0 Å². The van der Waals surface area contributed by atoms with Gasteiger partial charge in [-0.2, -0.15) is 0 Å². The molecule has 3 rings (SSSR count). The average molecular weight is 370 g/mol. The summed E-state index contributed by atoms with van der Waals surface area (Å²) in [5, 5.41) is 2.88. The van der Waals surface area contributed by atoms with Crippen LogP contribution in [0.2, 0.25) is 0 Å². The maximum atomic E-state index is 13.5. The molecule has 2 amide bonds. The number of anilines is 1. The first-order valence-corrected chi connectivity index (χ1v) is 9.14. The van der Waals surface area contributed by atoms with E-state index in [0.717, 1.165) is 24.0 Å². The van der Waals surface area contributed by atoms with Gasteiger partial charge in [-0.25, -0.2) is 9.18 Å². The van der Waals surface area contributed by atoms with Crippen molar-refractivity contribution >= 4 is 17.7 Å². The Kier molecular flexibility index (Phi) is 6.06. The molecule has 6 heteroatoms. The van der Waals surface area contributed by atoms with Crippen LogP contribution in [0.1, 0.15) is 36.9 Å². The third kappa shape index (κ3) is 4.84. The van der Waals surface area contributed by atoms with Crippen LogP contribution in [0, 0.1) is 5.82 Å². The first kappa shape index (κ1) is 18.9. The van der Waals surface area contributed by atoms with Crippen molar-refractivity contribution in [3.8, 4) is 0 Å². The second kappa shape index (κ2) is 8.66. The van der Waals surface area contributed by atoms with Crippen LogP contribution in [0.4, 0.5) is 14.9 Å². The highest BCUT2D eigenvalue weighted by molar-refractivity contribution is 5.90. The van der Waals surface area contributed by atoms with Crippen LogP contribution in [-0.2, 0) is 16.0 Å². The lowest BCUT2D eigenvalue weighted by molar-refractivity contribution is -0.142. The third-order valence-corrected chi connectivity index (χ3v) is 4.61. The number of esters is 1. The van der Waals surface area contributed by atoms with E-state index in [0.29, 0.717) is 18.8 Å². The summed E-state index contributed by atoms with van der Waals surface area (Å²) in [5.74, 6) is -0.568. The number of hydrogen-bond acceptors (Lipinski definition) is 3. The molecule has 0 saturated carbocycles. The highest BCUT2D eigenvalue weighted by Crippen LogP contribution is 2.32. The van der Waals surface area contributed by atoms with Crippen LogP contribution < -0.4 is 5.32 Å². The van der Waals surface area contributed by atoms with Crippen molar-refractivity contribution in [1.29, 1.82) is 0 Å². The molecule has 27 heavy (non-hydrogen) atoms. The van der Waals surface area contributed by atoms with Crippen LogP contribution in [0.25, 0.3) is 0 Å². The number of ether oxygens (including phenoxy) is 1. The highest BCUT2D eigenvalue weighted by Gasteiger charge is 2.30. The Morgan fingerprint density at radius 3 is 2.70 bits per heavy atom. The van der Waals surface area contributed by atoms with Crippen molar-refractivity contribution in [2.45, 2.75) is 32.2 Å². The van der Waals surface area contributed by atoms with Crippen molar-refractivity contribution in [1.82, 2.24) is 4.90 Å². The molecule has 0 aliphatic carbocycles. The second-order valence-electron chi connectivity index (χ2n) is 6.52. The molecular formula is C21H23FN2O3. The molecule has 1 saturated heterocycles. The van der Waals surface area contributed by atoms with Gasteiger partial charge >= 0.3 is 12.0 Å². The van der Waals surface area contributed by atoms with Crippen LogP contribution >= 0.6 is 0 Å². The maximum absolute atomic E-state index is 13.5. The summed E-state index contributed by atoms with van der Waals surface area (Å²) in [6, 6.07) is 13.2. The summed E-state index contributed by atoms with van der Waals surface area (Å²) < 4.78 is 18.4. The molecule has 1 heterocycles. The minimum atomic E-state index is -0.294. The number of amides is 2. The predicted molar refractivity (Wildman–Crippen MR) is 101 cm³/mol. The SMILES string of the molecule is CCOC(=O)Cc1ccc(NC(=O)N2CCC[C@H]2c2cccc(F)c2)cc1. The fraction of sp³-hybridized carbons (Fsp3) is 0.333. The standard InChI is InChI=1S/C21H23FN2O3/c1-2-27-20(25)13-15-8-10-18(11-9-15)23-21(26)24-12-4-7-19(24)16-5-3-6-17(22)14-16/h3,5-6,8-11,14,19H,2,4,7,12-13H2,1H3,(H,23,26)/t19-/m0/s1. The smallest absolute Gasteiger partial charge is 0.322 e. The molecule has 142 valence electrons. The van der Waals surface area contributed by atoms with Gasteiger partial charge in [-0.3, -0.25) is 4.79 Å². The molecule has 0 spiro atoms. The van der Waals surface area contributed by atoms with Crippen LogP contribution in [0.5, 0.6) is 0 Å². The van der Waals surface area contributed by atoms with Gasteiger partial charge in [-0.15, -0.1) is 0 Å². The van der Waals surface area contributed by atoms with E-state index >= 15 is 0 Å². The quantitative estimate of drug-likeness (QED) is 0.799. The Hall–Kier alpha value is -2.89. The molecule has 0 radical (unpaired) electrons. The summed E-state index contributed by atoms with van der Waals surface area (Å²) in [6.45, 7) is 2.76. The molecule has 0 aromatic heterocycles. The van der Waals surface area contributed by atoms with Gasteiger partial charge in [0.2, 0.25) is 0 Å². The summed E-state index contributed by atoms with van der Waals surface area (Å²) >= 11 is 0. The largest absolute Gasteiger partial charge is 0.466 e. The molecule has 1 aliphatic rings. The van der Waals surface area contributed by atoms with Gasteiger partial charge in [-0.05, 0) is 55.2 Å². The van der Waals surface area contributed by atoms with Gasteiger partial charge in [0.15, 0.2) is 0 Å². The molecule has 0 unspecified atom stereocenters. The number of nitrogens with one attached hydrogen (secondary N) is 1. The van der Waals surface area contributed by atoms with Crippen molar-refractivity contribution in [3.05, 3.63) is 65.5 Å². The van der Waals surface area contributed by atoms with E-state index in [1.54, 1.807) is 42.2 Å². The van der Waals surface area contributed by atoms with E-state index in [1.807, 2.05) is 6.07 Å². The number of benzene rings is 2. The number of carbonyl (C=O) groups is 2. The Morgan fingerprint density at radius 2 is 2.00 bits per heavy atom. The number of nitrogens with zero attached hydrogens (tertiary/aromatic N) is 1. The van der Waals surface area contributed by atoms with E-state index in [2.05, 4.69) is 5.32 Å². The van der Waals surface area contributed by atoms with Gasteiger partial charge < -0.3 is 15.0 Å². The molecule has 2 aromatic carbocycles. The van der Waals surface area contributed by atoms with E-state index in [1.165, 1.54) is 12.1 Å². The number of hydrogen-bond donors (Lipinski definition) is 1. The first-order valence-electron chi connectivity index (χ1n) is 9.14. The summed E-state index contributed by atoms with van der Waals surface area (Å²) in [7, 11) is 0. The van der Waals surface area contributed by atoms with E-state index in [-0.39, 0.29) is 30.3 Å². The van der Waals surface area contributed by atoms with Gasteiger partial charge in [0.1, 0.15) is 5.82 Å². The zero-order valence-electron chi connectivity index (χ0n) is 15.3. The number of rotatable bonds is 5. The molecular weight excluding hydrogens is 347 g/mol. The fourth-order valence-corrected chi connectivity index (χ4v) is 3.35. The zero-order chi connectivity index (χ0) is 19.2. The van der Waals surface area contributed by atoms with Crippen molar-refractivity contribution in [2.75, 3.05) is 18.5 Å². The Labute approximate surface area is 158 Å². The number of carbonyl (C=O) groups excluding carboxylic acids is 2. The monoisotopic (exact) mass is 370 g/mol. The third-order valence-electron chi connectivity index (χ3n) is 4.61. The van der Waals surface area contributed by atoms with Crippen molar-refractivity contribution < 1.29 is 18.7 Å². The molecule has 1 N–H and O–H groups in total. The molecule has 1 aliphatic heterocycles. The van der Waals surface area contributed by atoms with Crippen LogP contribution in [-0.4, -0.2) is 30.1 Å². The lowest BCUT2D eigenvalue weighted by Crippen LogP contribution is -2.34. The normalized spacial score (nSPS) is 16.2. The maximum Gasteiger partial charge on any atom is 0.322 e. The van der Waals surface area contributed by atoms with Gasteiger partial charge in [0, 0.05) is 12.2 Å². The van der Waals surface area contributed by atoms with Gasteiger partial charge in [0.25, 0.3) is 0 Å². The minimum Gasteiger partial charge on any atom is -0.466 e.